The summed E-state index contributed by atoms with van der Waals surface area (Å²) in [5.41, 5.74) is 0.871. The molecule has 2 N–H and O–H groups in total. The molecule has 0 aromatic heterocycles. The van der Waals surface area contributed by atoms with Gasteiger partial charge in [-0.3, -0.25) is 0 Å². The summed E-state index contributed by atoms with van der Waals surface area (Å²) >= 11 is 3.44. The number of hydrogen-bond donors (Lipinski definition) is 2. The number of hydrogen-bond acceptors (Lipinski definition) is 5. The fourth-order valence-corrected chi connectivity index (χ4v) is 1.80. The van der Waals surface area contributed by atoms with Gasteiger partial charge in [0.25, 0.3) is 0 Å². The van der Waals surface area contributed by atoms with Crippen LogP contribution in [-0.4, -0.2) is 51.8 Å². The number of aliphatic hydroxyl groups excluding tert-OH is 1. The van der Waals surface area contributed by atoms with Gasteiger partial charge in [-0.05, 0) is 28.1 Å². The Kier molecular flexibility index (Phi) is 7.81. The first-order valence-corrected chi connectivity index (χ1v) is 6.78. The highest BCUT2D eigenvalue weighted by Crippen LogP contribution is 2.26. The maximum absolute atomic E-state index is 9.75. The predicted octanol–water partition coefficient (Wildman–Crippen LogP) is 1.89. The van der Waals surface area contributed by atoms with E-state index in [2.05, 4.69) is 21.2 Å². The molecule has 0 radical (unpaired) electrons. The van der Waals surface area contributed by atoms with E-state index >= 15 is 0 Å². The predicted molar refractivity (Wildman–Crippen MR) is 77.9 cm³/mol. The first-order chi connectivity index (χ1) is 9.17. The van der Waals surface area contributed by atoms with Crippen LogP contribution in [0.1, 0.15) is 0 Å². The van der Waals surface area contributed by atoms with Gasteiger partial charge >= 0.3 is 0 Å². The SMILES string of the molecule is COCCOCC(O)CNc1cc(OC)ccc1Br. The summed E-state index contributed by atoms with van der Waals surface area (Å²) in [5.74, 6) is 0.761. The van der Waals surface area contributed by atoms with Crippen molar-refractivity contribution in [1.29, 1.82) is 0 Å². The van der Waals surface area contributed by atoms with Crippen LogP contribution in [-0.2, 0) is 9.47 Å². The third-order valence-corrected chi connectivity index (χ3v) is 3.14. The van der Waals surface area contributed by atoms with E-state index in [0.717, 1.165) is 15.9 Å². The summed E-state index contributed by atoms with van der Waals surface area (Å²) in [7, 11) is 3.23. The van der Waals surface area contributed by atoms with Crippen molar-refractivity contribution in [2.45, 2.75) is 6.10 Å². The Morgan fingerprint density at radius 3 is 2.79 bits per heavy atom. The second-order valence-electron chi connectivity index (χ2n) is 3.95. The highest BCUT2D eigenvalue weighted by molar-refractivity contribution is 9.10. The van der Waals surface area contributed by atoms with Crippen LogP contribution < -0.4 is 10.1 Å². The van der Waals surface area contributed by atoms with E-state index in [1.54, 1.807) is 14.2 Å². The molecule has 1 atom stereocenters. The maximum atomic E-state index is 9.75. The smallest absolute Gasteiger partial charge is 0.121 e. The fraction of sp³-hybridized carbons (Fsp3) is 0.538. The van der Waals surface area contributed by atoms with Gasteiger partial charge in [-0.25, -0.2) is 0 Å². The molecule has 0 heterocycles. The summed E-state index contributed by atoms with van der Waals surface area (Å²) < 4.78 is 16.2. The summed E-state index contributed by atoms with van der Waals surface area (Å²) in [6.45, 7) is 1.69. The molecule has 1 aromatic rings. The second kappa shape index (κ2) is 9.14. The van der Waals surface area contributed by atoms with Crippen LogP contribution in [0.5, 0.6) is 5.75 Å². The van der Waals surface area contributed by atoms with E-state index in [1.165, 1.54) is 0 Å². The summed E-state index contributed by atoms with van der Waals surface area (Å²) in [5, 5.41) is 12.9. The zero-order valence-electron chi connectivity index (χ0n) is 11.2. The van der Waals surface area contributed by atoms with Gasteiger partial charge in [-0.2, -0.15) is 0 Å². The molecule has 0 spiro atoms. The van der Waals surface area contributed by atoms with Crippen LogP contribution in [0.3, 0.4) is 0 Å². The van der Waals surface area contributed by atoms with Crippen molar-refractivity contribution in [2.24, 2.45) is 0 Å². The number of methoxy groups -OCH3 is 2. The average Bonchev–Trinajstić information content (AvgIpc) is 2.43. The average molecular weight is 334 g/mol. The maximum Gasteiger partial charge on any atom is 0.121 e. The van der Waals surface area contributed by atoms with Gasteiger partial charge in [0.15, 0.2) is 0 Å². The van der Waals surface area contributed by atoms with Crippen molar-refractivity contribution < 1.29 is 19.3 Å². The molecule has 1 aromatic carbocycles. The first kappa shape index (κ1) is 16.2. The number of rotatable bonds is 9. The van der Waals surface area contributed by atoms with Crippen LogP contribution in [0.2, 0.25) is 0 Å². The van der Waals surface area contributed by atoms with Gasteiger partial charge in [-0.15, -0.1) is 0 Å². The van der Waals surface area contributed by atoms with Crippen molar-refractivity contribution in [1.82, 2.24) is 0 Å². The van der Waals surface area contributed by atoms with Crippen LogP contribution in [0, 0.1) is 0 Å². The minimum absolute atomic E-state index is 0.276. The third-order valence-electron chi connectivity index (χ3n) is 2.44. The second-order valence-corrected chi connectivity index (χ2v) is 4.80. The number of ether oxygens (including phenoxy) is 3. The minimum atomic E-state index is -0.574. The molecule has 1 rings (SSSR count). The Labute approximate surface area is 122 Å². The van der Waals surface area contributed by atoms with Crippen LogP contribution >= 0.6 is 15.9 Å². The van der Waals surface area contributed by atoms with Gasteiger partial charge in [0.1, 0.15) is 5.75 Å². The zero-order chi connectivity index (χ0) is 14.1. The first-order valence-electron chi connectivity index (χ1n) is 5.99. The van der Waals surface area contributed by atoms with Gasteiger partial charge in [0.2, 0.25) is 0 Å². The normalized spacial score (nSPS) is 12.2. The monoisotopic (exact) mass is 333 g/mol. The molecule has 0 aliphatic carbocycles. The zero-order valence-corrected chi connectivity index (χ0v) is 12.8. The number of aliphatic hydroxyl groups is 1. The molecule has 0 fully saturated rings. The van der Waals surface area contributed by atoms with Crippen molar-refractivity contribution >= 4 is 21.6 Å². The van der Waals surface area contributed by atoms with Gasteiger partial charge < -0.3 is 24.6 Å². The number of halogens is 1. The van der Waals surface area contributed by atoms with Crippen molar-refractivity contribution in [3.8, 4) is 5.75 Å². The molecule has 0 saturated carbocycles. The van der Waals surface area contributed by atoms with Crippen molar-refractivity contribution in [3.05, 3.63) is 22.7 Å². The number of nitrogens with one attached hydrogen (secondary N) is 1. The molecule has 108 valence electrons. The molecule has 0 aliphatic heterocycles. The molecular weight excluding hydrogens is 314 g/mol. The lowest BCUT2D eigenvalue weighted by Gasteiger charge is -2.14. The molecule has 0 amide bonds. The van der Waals surface area contributed by atoms with E-state index < -0.39 is 6.10 Å². The molecular formula is C13H20BrNO4. The number of anilines is 1. The highest BCUT2D eigenvalue weighted by Gasteiger charge is 2.07. The molecule has 19 heavy (non-hydrogen) atoms. The fourth-order valence-electron chi connectivity index (χ4n) is 1.42. The summed E-state index contributed by atoms with van der Waals surface area (Å²) in [4.78, 5) is 0. The molecule has 1 unspecified atom stereocenters. The Hall–Kier alpha value is -0.820. The highest BCUT2D eigenvalue weighted by atomic mass is 79.9. The minimum Gasteiger partial charge on any atom is -0.497 e. The summed E-state index contributed by atoms with van der Waals surface area (Å²) in [6.07, 6.45) is -0.574. The topological polar surface area (TPSA) is 60.0 Å². The quantitative estimate of drug-likeness (QED) is 0.676. The Morgan fingerprint density at radius 1 is 1.32 bits per heavy atom. The van der Waals surface area contributed by atoms with E-state index in [1.807, 2.05) is 18.2 Å². The Bertz CT molecular complexity index is 376. The Morgan fingerprint density at radius 2 is 2.11 bits per heavy atom. The van der Waals surface area contributed by atoms with E-state index in [4.69, 9.17) is 14.2 Å². The summed E-state index contributed by atoms with van der Waals surface area (Å²) in [6, 6.07) is 5.62. The van der Waals surface area contributed by atoms with Crippen molar-refractivity contribution in [3.63, 3.8) is 0 Å². The Balaban J connectivity index is 2.34. The van der Waals surface area contributed by atoms with E-state index in [0.29, 0.717) is 19.8 Å². The molecule has 5 nitrogen and oxygen atoms in total. The van der Waals surface area contributed by atoms with Crippen molar-refractivity contribution in [2.75, 3.05) is 45.9 Å². The third kappa shape index (κ3) is 6.24. The van der Waals surface area contributed by atoms with E-state index in [9.17, 15) is 5.11 Å². The standard InChI is InChI=1S/C13H20BrNO4/c1-17-5-6-19-9-10(16)8-15-13-7-11(18-2)3-4-12(13)14/h3-4,7,10,15-16H,5-6,8-9H2,1-2H3. The van der Waals surface area contributed by atoms with Crippen LogP contribution in [0.25, 0.3) is 0 Å². The lowest BCUT2D eigenvalue weighted by Crippen LogP contribution is -2.25. The van der Waals surface area contributed by atoms with Crippen LogP contribution in [0.15, 0.2) is 22.7 Å². The van der Waals surface area contributed by atoms with Gasteiger partial charge in [0.05, 0.1) is 38.7 Å². The van der Waals surface area contributed by atoms with Gasteiger partial charge in [0, 0.05) is 24.2 Å². The van der Waals surface area contributed by atoms with Crippen LogP contribution in [0.4, 0.5) is 5.69 Å². The largest absolute Gasteiger partial charge is 0.497 e. The lowest BCUT2D eigenvalue weighted by atomic mass is 10.3. The van der Waals surface area contributed by atoms with E-state index in [-0.39, 0.29) is 6.61 Å². The molecule has 0 saturated heterocycles. The molecule has 0 aliphatic rings. The van der Waals surface area contributed by atoms with Gasteiger partial charge in [-0.1, -0.05) is 0 Å². The molecule has 6 heteroatoms. The number of benzene rings is 1. The molecule has 0 bridgehead atoms. The lowest BCUT2D eigenvalue weighted by molar-refractivity contribution is 0.0182.